The monoisotopic (exact) mass is 281 g/mol. The van der Waals surface area contributed by atoms with Gasteiger partial charge in [0.1, 0.15) is 0 Å². The molecule has 0 aliphatic carbocycles. The number of nitrogens with zero attached hydrogens (tertiary/aromatic N) is 3. The summed E-state index contributed by atoms with van der Waals surface area (Å²) in [5.74, 6) is 0. The Labute approximate surface area is 111 Å². The van der Waals surface area contributed by atoms with Gasteiger partial charge in [0.15, 0.2) is 0 Å². The van der Waals surface area contributed by atoms with Crippen molar-refractivity contribution in [1.82, 2.24) is 20.3 Å². The van der Waals surface area contributed by atoms with E-state index in [0.29, 0.717) is 13.1 Å². The lowest BCUT2D eigenvalue weighted by Crippen LogP contribution is -2.15. The van der Waals surface area contributed by atoms with Crippen LogP contribution in [-0.2, 0) is 30.2 Å². The Balaban J connectivity index is 1.96. The molecular formula is C11H15N5O2S. The zero-order valence-corrected chi connectivity index (χ0v) is 11.3. The van der Waals surface area contributed by atoms with Crippen LogP contribution >= 0.6 is 0 Å². The Morgan fingerprint density at radius 2 is 2.16 bits per heavy atom. The first-order valence-electron chi connectivity index (χ1n) is 5.63. The second kappa shape index (κ2) is 5.47. The molecule has 0 saturated carbocycles. The van der Waals surface area contributed by atoms with E-state index in [1.54, 1.807) is 23.9 Å². The normalized spacial score (nSPS) is 11.7. The average molecular weight is 281 g/mol. The SMILES string of the molecule is Cn1cc(CNCc2cccc(S(N)(=O)=O)c2)nn1. The number of aromatic nitrogens is 3. The standard InChI is InChI=1S/C11H15N5O2S/c1-16-8-10(14-15-16)7-13-6-9-3-2-4-11(5-9)19(12,17)18/h2-5,8,13H,6-7H2,1H3,(H2,12,17,18). The van der Waals surface area contributed by atoms with Gasteiger partial charge in [0.05, 0.1) is 10.6 Å². The summed E-state index contributed by atoms with van der Waals surface area (Å²) in [5, 5.41) is 16.0. The maximum absolute atomic E-state index is 11.2. The molecule has 0 fully saturated rings. The largest absolute Gasteiger partial charge is 0.307 e. The van der Waals surface area contributed by atoms with Crippen molar-refractivity contribution < 1.29 is 8.42 Å². The number of aryl methyl sites for hydroxylation is 1. The van der Waals surface area contributed by atoms with Crippen LogP contribution in [0.25, 0.3) is 0 Å². The van der Waals surface area contributed by atoms with Crippen molar-refractivity contribution in [1.29, 1.82) is 0 Å². The van der Waals surface area contributed by atoms with Crippen LogP contribution in [0.3, 0.4) is 0 Å². The van der Waals surface area contributed by atoms with E-state index in [0.717, 1.165) is 11.3 Å². The highest BCUT2D eigenvalue weighted by Gasteiger charge is 2.07. The molecule has 8 heteroatoms. The van der Waals surface area contributed by atoms with Crippen LogP contribution < -0.4 is 10.5 Å². The topological polar surface area (TPSA) is 103 Å². The van der Waals surface area contributed by atoms with E-state index in [9.17, 15) is 8.42 Å². The number of sulfonamides is 1. The summed E-state index contributed by atoms with van der Waals surface area (Å²) in [6, 6.07) is 6.53. The van der Waals surface area contributed by atoms with Gasteiger partial charge in [0.25, 0.3) is 0 Å². The fourth-order valence-electron chi connectivity index (χ4n) is 1.64. The second-order valence-electron chi connectivity index (χ2n) is 4.18. The summed E-state index contributed by atoms with van der Waals surface area (Å²) in [4.78, 5) is 0.117. The van der Waals surface area contributed by atoms with E-state index in [4.69, 9.17) is 5.14 Å². The lowest BCUT2D eigenvalue weighted by molar-refractivity contribution is 0.597. The number of nitrogens with two attached hydrogens (primary N) is 1. The minimum atomic E-state index is -3.65. The van der Waals surface area contributed by atoms with Gasteiger partial charge < -0.3 is 5.32 Å². The van der Waals surface area contributed by atoms with Gasteiger partial charge in [-0.2, -0.15) is 0 Å². The van der Waals surface area contributed by atoms with Gasteiger partial charge in [0, 0.05) is 26.3 Å². The number of benzene rings is 1. The maximum Gasteiger partial charge on any atom is 0.238 e. The van der Waals surface area contributed by atoms with Crippen molar-refractivity contribution in [3.63, 3.8) is 0 Å². The van der Waals surface area contributed by atoms with Crippen LogP contribution in [0, 0.1) is 0 Å². The lowest BCUT2D eigenvalue weighted by Gasteiger charge is -2.04. The number of hydrogen-bond donors (Lipinski definition) is 2. The molecule has 0 radical (unpaired) electrons. The van der Waals surface area contributed by atoms with E-state index < -0.39 is 10.0 Å². The van der Waals surface area contributed by atoms with E-state index >= 15 is 0 Å². The zero-order chi connectivity index (χ0) is 13.9. The molecule has 1 heterocycles. The summed E-state index contributed by atoms with van der Waals surface area (Å²) in [6.45, 7) is 1.09. The maximum atomic E-state index is 11.2. The predicted octanol–water partition coefficient (Wildman–Crippen LogP) is -0.248. The number of nitrogens with one attached hydrogen (secondary N) is 1. The van der Waals surface area contributed by atoms with Crippen LogP contribution in [0.4, 0.5) is 0 Å². The van der Waals surface area contributed by atoms with Crippen LogP contribution in [0.5, 0.6) is 0 Å². The molecule has 2 rings (SSSR count). The molecule has 19 heavy (non-hydrogen) atoms. The average Bonchev–Trinajstić information content (AvgIpc) is 2.74. The molecule has 0 aliphatic heterocycles. The van der Waals surface area contributed by atoms with Crippen molar-refractivity contribution in [2.45, 2.75) is 18.0 Å². The number of hydrogen-bond acceptors (Lipinski definition) is 5. The Kier molecular flexibility index (Phi) is 3.93. The molecular weight excluding hydrogens is 266 g/mol. The fraction of sp³-hybridized carbons (Fsp3) is 0.273. The molecule has 0 saturated heterocycles. The first-order valence-corrected chi connectivity index (χ1v) is 7.17. The van der Waals surface area contributed by atoms with Gasteiger partial charge in [-0.05, 0) is 17.7 Å². The fourth-order valence-corrected chi connectivity index (χ4v) is 2.23. The Morgan fingerprint density at radius 1 is 1.37 bits per heavy atom. The summed E-state index contributed by atoms with van der Waals surface area (Å²) < 4.78 is 24.1. The lowest BCUT2D eigenvalue weighted by atomic mass is 10.2. The van der Waals surface area contributed by atoms with Gasteiger partial charge in [-0.15, -0.1) is 5.10 Å². The van der Waals surface area contributed by atoms with Gasteiger partial charge >= 0.3 is 0 Å². The second-order valence-corrected chi connectivity index (χ2v) is 5.74. The molecule has 0 amide bonds. The van der Waals surface area contributed by atoms with Crippen molar-refractivity contribution in [2.75, 3.05) is 0 Å². The van der Waals surface area contributed by atoms with Gasteiger partial charge in [0.2, 0.25) is 10.0 Å². The Morgan fingerprint density at radius 3 is 2.79 bits per heavy atom. The summed E-state index contributed by atoms with van der Waals surface area (Å²) in [5.41, 5.74) is 1.67. The molecule has 102 valence electrons. The molecule has 0 aliphatic rings. The first-order chi connectivity index (χ1) is 8.95. The van der Waals surface area contributed by atoms with Crippen molar-refractivity contribution in [3.05, 3.63) is 41.7 Å². The van der Waals surface area contributed by atoms with E-state index in [1.807, 2.05) is 12.3 Å². The molecule has 1 aromatic heterocycles. The highest BCUT2D eigenvalue weighted by atomic mass is 32.2. The van der Waals surface area contributed by atoms with Gasteiger partial charge in [-0.1, -0.05) is 17.3 Å². The number of rotatable bonds is 5. The van der Waals surface area contributed by atoms with Crippen LogP contribution in [0.2, 0.25) is 0 Å². The van der Waals surface area contributed by atoms with Gasteiger partial charge in [-0.3, -0.25) is 4.68 Å². The molecule has 3 N–H and O–H groups in total. The van der Waals surface area contributed by atoms with Crippen molar-refractivity contribution >= 4 is 10.0 Å². The highest BCUT2D eigenvalue weighted by Crippen LogP contribution is 2.09. The molecule has 1 aromatic carbocycles. The van der Waals surface area contributed by atoms with Gasteiger partial charge in [-0.25, -0.2) is 13.6 Å². The van der Waals surface area contributed by atoms with E-state index in [2.05, 4.69) is 15.6 Å². The third kappa shape index (κ3) is 3.85. The molecule has 0 unspecified atom stereocenters. The third-order valence-electron chi connectivity index (χ3n) is 2.51. The van der Waals surface area contributed by atoms with Crippen LogP contribution in [0.1, 0.15) is 11.3 Å². The molecule has 0 atom stereocenters. The van der Waals surface area contributed by atoms with E-state index in [1.165, 1.54) is 6.07 Å². The minimum Gasteiger partial charge on any atom is -0.307 e. The van der Waals surface area contributed by atoms with Crippen molar-refractivity contribution in [2.24, 2.45) is 12.2 Å². The summed E-state index contributed by atoms with van der Waals surface area (Å²) >= 11 is 0. The predicted molar refractivity (Wildman–Crippen MR) is 69.4 cm³/mol. The smallest absolute Gasteiger partial charge is 0.238 e. The highest BCUT2D eigenvalue weighted by molar-refractivity contribution is 7.89. The van der Waals surface area contributed by atoms with Crippen LogP contribution in [0.15, 0.2) is 35.4 Å². The quantitative estimate of drug-likeness (QED) is 0.787. The zero-order valence-electron chi connectivity index (χ0n) is 10.4. The van der Waals surface area contributed by atoms with E-state index in [-0.39, 0.29) is 4.90 Å². The molecule has 2 aromatic rings. The summed E-state index contributed by atoms with van der Waals surface area (Å²) in [7, 11) is -1.85. The van der Waals surface area contributed by atoms with Crippen molar-refractivity contribution in [3.8, 4) is 0 Å². The third-order valence-corrected chi connectivity index (χ3v) is 3.42. The Hall–Kier alpha value is -1.77. The first kappa shape index (κ1) is 13.7. The summed E-state index contributed by atoms with van der Waals surface area (Å²) in [6.07, 6.45) is 1.81. The molecule has 7 nitrogen and oxygen atoms in total. The molecule has 0 spiro atoms. The Bertz CT molecular complexity index is 665. The number of primary sulfonamides is 1. The van der Waals surface area contributed by atoms with Crippen LogP contribution in [-0.4, -0.2) is 23.4 Å². The minimum absolute atomic E-state index is 0.117. The molecule has 0 bridgehead atoms.